The maximum atomic E-state index is 10.9. The Morgan fingerprint density at radius 1 is 1.37 bits per heavy atom. The predicted octanol–water partition coefficient (Wildman–Crippen LogP) is 2.18. The first kappa shape index (κ1) is 15.7. The number of aryl methyl sites for hydroxylation is 2. The van der Waals surface area contributed by atoms with Crippen molar-refractivity contribution in [2.45, 2.75) is 45.8 Å². The highest BCUT2D eigenvalue weighted by Gasteiger charge is 2.24. The summed E-state index contributed by atoms with van der Waals surface area (Å²) in [4.78, 5) is 10.9. The van der Waals surface area contributed by atoms with Crippen LogP contribution in [0.4, 0.5) is 0 Å². The molecule has 0 spiro atoms. The lowest BCUT2D eigenvalue weighted by atomic mass is 9.94. The quantitative estimate of drug-likeness (QED) is 0.706. The lowest BCUT2D eigenvalue weighted by Crippen LogP contribution is -2.37. The summed E-state index contributed by atoms with van der Waals surface area (Å²) in [6, 6.07) is 5.34. The molecular formula is C15H23NO3. The van der Waals surface area contributed by atoms with Gasteiger partial charge in [-0.3, -0.25) is 4.79 Å². The van der Waals surface area contributed by atoms with E-state index in [4.69, 9.17) is 5.11 Å². The van der Waals surface area contributed by atoms with Crippen molar-refractivity contribution < 1.29 is 15.0 Å². The maximum absolute atomic E-state index is 10.9. The van der Waals surface area contributed by atoms with E-state index in [0.717, 1.165) is 23.1 Å². The Balaban J connectivity index is 2.90. The number of aliphatic carboxylic acids is 1. The second kappa shape index (κ2) is 7.26. The minimum absolute atomic E-state index is 0.0888. The summed E-state index contributed by atoms with van der Waals surface area (Å²) >= 11 is 0. The molecule has 0 fully saturated rings. The van der Waals surface area contributed by atoms with Gasteiger partial charge < -0.3 is 15.5 Å². The van der Waals surface area contributed by atoms with Crippen LogP contribution in [0.5, 0.6) is 0 Å². The highest BCUT2D eigenvalue weighted by Crippen LogP contribution is 2.23. The summed E-state index contributed by atoms with van der Waals surface area (Å²) in [5.41, 5.74) is 2.91. The number of carboxylic acids is 1. The number of nitrogens with one attached hydrogen (secondary N) is 1. The number of benzene rings is 1. The fourth-order valence-corrected chi connectivity index (χ4v) is 2.19. The van der Waals surface area contributed by atoms with Gasteiger partial charge in [-0.2, -0.15) is 0 Å². The third-order valence-corrected chi connectivity index (χ3v) is 3.18. The Morgan fingerprint density at radius 2 is 2.05 bits per heavy atom. The van der Waals surface area contributed by atoms with Crippen molar-refractivity contribution in [3.8, 4) is 0 Å². The first-order valence-corrected chi connectivity index (χ1v) is 6.66. The number of hydrogen-bond acceptors (Lipinski definition) is 3. The van der Waals surface area contributed by atoms with Gasteiger partial charge in [0.05, 0.1) is 12.5 Å². The standard InChI is InChI=1S/C15H23NO3/c1-4-7-16-13(9-14(17)18)15(19)12-6-5-10(2)8-11(12)3/h5-6,8,13,15-16,19H,4,7,9H2,1-3H3,(H,17,18). The van der Waals surface area contributed by atoms with Gasteiger partial charge in [0.25, 0.3) is 0 Å². The van der Waals surface area contributed by atoms with Gasteiger partial charge in [0, 0.05) is 6.04 Å². The summed E-state index contributed by atoms with van der Waals surface area (Å²) in [6.07, 6.45) is 0.00718. The average molecular weight is 265 g/mol. The number of hydrogen-bond donors (Lipinski definition) is 3. The fourth-order valence-electron chi connectivity index (χ4n) is 2.19. The number of rotatable bonds is 7. The Labute approximate surface area is 114 Å². The number of carboxylic acid groups (broad SMARTS) is 1. The molecule has 19 heavy (non-hydrogen) atoms. The van der Waals surface area contributed by atoms with E-state index < -0.39 is 18.1 Å². The number of aliphatic hydroxyl groups excluding tert-OH is 1. The molecule has 0 aliphatic heterocycles. The molecule has 4 heteroatoms. The van der Waals surface area contributed by atoms with Crippen molar-refractivity contribution in [1.82, 2.24) is 5.32 Å². The predicted molar refractivity (Wildman–Crippen MR) is 75.2 cm³/mol. The number of carbonyl (C=O) groups is 1. The molecule has 0 aliphatic rings. The van der Waals surface area contributed by atoms with E-state index in [2.05, 4.69) is 5.32 Å². The molecule has 0 aromatic heterocycles. The Morgan fingerprint density at radius 3 is 2.58 bits per heavy atom. The van der Waals surface area contributed by atoms with Crippen LogP contribution in [0.1, 0.15) is 42.6 Å². The normalized spacial score (nSPS) is 14.1. The molecule has 0 heterocycles. The summed E-state index contributed by atoms with van der Waals surface area (Å²) in [6.45, 7) is 6.63. The molecule has 0 amide bonds. The lowest BCUT2D eigenvalue weighted by molar-refractivity contribution is -0.138. The van der Waals surface area contributed by atoms with E-state index >= 15 is 0 Å². The van der Waals surface area contributed by atoms with Crippen LogP contribution in [-0.4, -0.2) is 28.8 Å². The van der Waals surface area contributed by atoms with Crippen molar-refractivity contribution in [2.24, 2.45) is 0 Å². The first-order chi connectivity index (χ1) is 8.95. The van der Waals surface area contributed by atoms with Gasteiger partial charge in [-0.1, -0.05) is 30.7 Å². The lowest BCUT2D eigenvalue weighted by Gasteiger charge is -2.24. The van der Waals surface area contributed by atoms with Crippen molar-refractivity contribution in [3.63, 3.8) is 0 Å². The van der Waals surface area contributed by atoms with Crippen LogP contribution >= 0.6 is 0 Å². The van der Waals surface area contributed by atoms with Crippen LogP contribution in [-0.2, 0) is 4.79 Å². The maximum Gasteiger partial charge on any atom is 0.305 e. The summed E-state index contributed by atoms with van der Waals surface area (Å²) < 4.78 is 0. The Bertz CT molecular complexity index is 431. The van der Waals surface area contributed by atoms with Crippen molar-refractivity contribution in [3.05, 3.63) is 34.9 Å². The third-order valence-electron chi connectivity index (χ3n) is 3.18. The highest BCUT2D eigenvalue weighted by atomic mass is 16.4. The summed E-state index contributed by atoms with van der Waals surface area (Å²) in [5.74, 6) is -0.905. The molecule has 0 aliphatic carbocycles. The van der Waals surface area contributed by atoms with Gasteiger partial charge >= 0.3 is 5.97 Å². The summed E-state index contributed by atoms with van der Waals surface area (Å²) in [7, 11) is 0. The monoisotopic (exact) mass is 265 g/mol. The van der Waals surface area contributed by atoms with Gasteiger partial charge in [0.2, 0.25) is 0 Å². The zero-order chi connectivity index (χ0) is 14.4. The Hall–Kier alpha value is -1.39. The largest absolute Gasteiger partial charge is 0.481 e. The van der Waals surface area contributed by atoms with Crippen LogP contribution in [0.25, 0.3) is 0 Å². The summed E-state index contributed by atoms with van der Waals surface area (Å²) in [5, 5.41) is 22.5. The van der Waals surface area contributed by atoms with Crippen molar-refractivity contribution in [1.29, 1.82) is 0 Å². The zero-order valence-electron chi connectivity index (χ0n) is 11.8. The molecule has 0 radical (unpaired) electrons. The molecule has 3 N–H and O–H groups in total. The second-order valence-corrected chi connectivity index (χ2v) is 4.96. The SMILES string of the molecule is CCCNC(CC(=O)O)C(O)c1ccc(C)cc1C. The molecule has 106 valence electrons. The van der Waals surface area contributed by atoms with E-state index in [9.17, 15) is 9.90 Å². The van der Waals surface area contributed by atoms with Gasteiger partial charge in [-0.25, -0.2) is 0 Å². The van der Waals surface area contributed by atoms with Gasteiger partial charge in [0.1, 0.15) is 0 Å². The Kier molecular flexibility index (Phi) is 5.99. The first-order valence-electron chi connectivity index (χ1n) is 6.66. The minimum Gasteiger partial charge on any atom is -0.481 e. The third kappa shape index (κ3) is 4.65. The van der Waals surface area contributed by atoms with E-state index in [0.29, 0.717) is 6.54 Å². The van der Waals surface area contributed by atoms with Gasteiger partial charge in [-0.15, -0.1) is 0 Å². The van der Waals surface area contributed by atoms with E-state index in [1.807, 2.05) is 39.0 Å². The van der Waals surface area contributed by atoms with E-state index in [1.165, 1.54) is 0 Å². The van der Waals surface area contributed by atoms with Crippen LogP contribution in [0.2, 0.25) is 0 Å². The molecule has 2 unspecified atom stereocenters. The van der Waals surface area contributed by atoms with Crippen LogP contribution < -0.4 is 5.32 Å². The molecule has 1 aromatic rings. The van der Waals surface area contributed by atoms with Gasteiger partial charge in [0.15, 0.2) is 0 Å². The fraction of sp³-hybridized carbons (Fsp3) is 0.533. The van der Waals surface area contributed by atoms with E-state index in [1.54, 1.807) is 0 Å². The van der Waals surface area contributed by atoms with Crippen LogP contribution in [0.3, 0.4) is 0 Å². The zero-order valence-corrected chi connectivity index (χ0v) is 11.8. The van der Waals surface area contributed by atoms with Crippen molar-refractivity contribution in [2.75, 3.05) is 6.54 Å². The highest BCUT2D eigenvalue weighted by molar-refractivity contribution is 5.67. The molecular weight excluding hydrogens is 242 g/mol. The van der Waals surface area contributed by atoms with E-state index in [-0.39, 0.29) is 6.42 Å². The molecule has 0 saturated carbocycles. The molecule has 1 aromatic carbocycles. The average Bonchev–Trinajstić information content (AvgIpc) is 2.33. The van der Waals surface area contributed by atoms with Crippen LogP contribution in [0.15, 0.2) is 18.2 Å². The smallest absolute Gasteiger partial charge is 0.305 e. The molecule has 4 nitrogen and oxygen atoms in total. The van der Waals surface area contributed by atoms with Crippen molar-refractivity contribution >= 4 is 5.97 Å². The topological polar surface area (TPSA) is 69.6 Å². The molecule has 1 rings (SSSR count). The minimum atomic E-state index is -0.905. The molecule has 0 saturated heterocycles. The van der Waals surface area contributed by atoms with Crippen LogP contribution in [0, 0.1) is 13.8 Å². The van der Waals surface area contributed by atoms with Gasteiger partial charge in [-0.05, 0) is 37.9 Å². The molecule has 2 atom stereocenters. The second-order valence-electron chi connectivity index (χ2n) is 4.96. The number of aliphatic hydroxyl groups is 1. The molecule has 0 bridgehead atoms.